The maximum Gasteiger partial charge on any atom is 0.258 e. The van der Waals surface area contributed by atoms with Gasteiger partial charge in [0.1, 0.15) is 6.04 Å². The Hall–Kier alpha value is -4.02. The minimum absolute atomic E-state index is 0.0911. The highest BCUT2D eigenvalue weighted by Crippen LogP contribution is 2.33. The van der Waals surface area contributed by atoms with Crippen LogP contribution in [0.4, 0.5) is 0 Å². The number of nitrogens with zero attached hydrogens (tertiary/aromatic N) is 5. The van der Waals surface area contributed by atoms with Crippen LogP contribution in [0.1, 0.15) is 41.5 Å². The van der Waals surface area contributed by atoms with Gasteiger partial charge in [-0.25, -0.2) is 0 Å². The number of amides is 2. The van der Waals surface area contributed by atoms with Crippen LogP contribution < -0.4 is 5.48 Å². The Morgan fingerprint density at radius 3 is 2.41 bits per heavy atom. The van der Waals surface area contributed by atoms with Gasteiger partial charge in [-0.2, -0.15) is 4.98 Å². The molecule has 0 saturated carbocycles. The third kappa shape index (κ3) is 5.55. The topological polar surface area (TPSA) is 104 Å². The molecule has 2 amide bonds. The van der Waals surface area contributed by atoms with Crippen LogP contribution in [0.5, 0.6) is 0 Å². The summed E-state index contributed by atoms with van der Waals surface area (Å²) in [5.41, 5.74) is 6.28. The molecule has 10 heteroatoms. The van der Waals surface area contributed by atoms with Crippen molar-refractivity contribution in [2.75, 3.05) is 33.3 Å². The van der Waals surface area contributed by atoms with Gasteiger partial charge >= 0.3 is 0 Å². The zero-order valence-electron chi connectivity index (χ0n) is 21.0. The van der Waals surface area contributed by atoms with E-state index in [0.717, 1.165) is 29.9 Å². The molecule has 0 spiro atoms. The lowest BCUT2D eigenvalue weighted by Crippen LogP contribution is -2.47. The zero-order chi connectivity index (χ0) is 25.8. The fraction of sp³-hybridized carbons (Fsp3) is 0.333. The fourth-order valence-electron chi connectivity index (χ4n) is 4.70. The van der Waals surface area contributed by atoms with Crippen molar-refractivity contribution in [3.63, 3.8) is 0 Å². The second kappa shape index (κ2) is 10.9. The van der Waals surface area contributed by atoms with Gasteiger partial charge in [-0.15, -0.1) is 0 Å². The Kier molecular flexibility index (Phi) is 7.29. The molecule has 2 aromatic carbocycles. The van der Waals surface area contributed by atoms with E-state index < -0.39 is 6.04 Å². The van der Waals surface area contributed by atoms with Crippen molar-refractivity contribution in [1.82, 2.24) is 30.3 Å². The average Bonchev–Trinajstić information content (AvgIpc) is 3.56. The van der Waals surface area contributed by atoms with Crippen molar-refractivity contribution >= 4 is 11.8 Å². The fourth-order valence-corrected chi connectivity index (χ4v) is 4.70. The molecular formula is C27H30N6O4. The number of hydroxylamine groups is 1. The molecule has 2 aliphatic heterocycles. The molecule has 1 atom stereocenters. The van der Waals surface area contributed by atoms with Crippen molar-refractivity contribution in [2.45, 2.75) is 25.9 Å². The number of aromatic nitrogens is 2. The van der Waals surface area contributed by atoms with E-state index in [4.69, 9.17) is 9.36 Å². The molecule has 0 unspecified atom stereocenters. The summed E-state index contributed by atoms with van der Waals surface area (Å²) in [5.74, 6) is 0.854. The van der Waals surface area contributed by atoms with Crippen LogP contribution >= 0.6 is 0 Å². The quantitative estimate of drug-likeness (QED) is 0.492. The second-order valence-electron chi connectivity index (χ2n) is 9.16. The van der Waals surface area contributed by atoms with Gasteiger partial charge in [0, 0.05) is 51.3 Å². The monoisotopic (exact) mass is 502 g/mol. The molecule has 1 saturated heterocycles. The van der Waals surface area contributed by atoms with Gasteiger partial charge in [-0.05, 0) is 23.3 Å². The summed E-state index contributed by atoms with van der Waals surface area (Å²) >= 11 is 0. The van der Waals surface area contributed by atoms with Crippen LogP contribution in [0, 0.1) is 0 Å². The largest absolute Gasteiger partial charge is 0.340 e. The SMILES string of the molecule is CONC1=CN(C(=O)c2ccc(-c3ccccc3)cc2)[C@H](c2noc(CN3CCN(C(C)=O)CC3)n2)C1. The highest BCUT2D eigenvalue weighted by Gasteiger charge is 2.35. The van der Waals surface area contributed by atoms with Gasteiger partial charge in [-0.1, -0.05) is 47.6 Å². The number of hydrogen-bond acceptors (Lipinski definition) is 8. The minimum Gasteiger partial charge on any atom is -0.340 e. The molecule has 10 nitrogen and oxygen atoms in total. The first-order chi connectivity index (χ1) is 18.0. The lowest BCUT2D eigenvalue weighted by atomic mass is 10.0. The van der Waals surface area contributed by atoms with Crippen LogP contribution in [0.2, 0.25) is 0 Å². The summed E-state index contributed by atoms with van der Waals surface area (Å²) in [5, 5.41) is 4.21. The number of piperazine rings is 1. The van der Waals surface area contributed by atoms with Crippen molar-refractivity contribution in [3.8, 4) is 11.1 Å². The summed E-state index contributed by atoms with van der Waals surface area (Å²) in [7, 11) is 1.53. The predicted molar refractivity (Wildman–Crippen MR) is 135 cm³/mol. The molecule has 0 aliphatic carbocycles. The van der Waals surface area contributed by atoms with Gasteiger partial charge in [0.25, 0.3) is 5.91 Å². The van der Waals surface area contributed by atoms with E-state index >= 15 is 0 Å². The Labute approximate surface area is 215 Å². The van der Waals surface area contributed by atoms with Gasteiger partial charge in [-0.3, -0.25) is 24.8 Å². The first kappa shape index (κ1) is 24.7. The predicted octanol–water partition coefficient (Wildman–Crippen LogP) is 2.98. The molecule has 2 aliphatic rings. The molecule has 1 N–H and O–H groups in total. The number of rotatable bonds is 7. The van der Waals surface area contributed by atoms with E-state index in [9.17, 15) is 9.59 Å². The molecule has 3 heterocycles. The van der Waals surface area contributed by atoms with Crippen LogP contribution in [-0.2, 0) is 16.2 Å². The molecule has 0 radical (unpaired) electrons. The van der Waals surface area contributed by atoms with Gasteiger partial charge in [0.15, 0.2) is 5.82 Å². The van der Waals surface area contributed by atoms with Crippen molar-refractivity contribution in [1.29, 1.82) is 0 Å². The summed E-state index contributed by atoms with van der Waals surface area (Å²) in [6.07, 6.45) is 2.20. The van der Waals surface area contributed by atoms with E-state index in [1.54, 1.807) is 18.0 Å². The maximum atomic E-state index is 13.5. The average molecular weight is 503 g/mol. The maximum absolute atomic E-state index is 13.5. The third-order valence-corrected chi connectivity index (χ3v) is 6.71. The van der Waals surface area contributed by atoms with Crippen molar-refractivity contribution < 1.29 is 18.9 Å². The van der Waals surface area contributed by atoms with E-state index in [2.05, 4.69) is 20.5 Å². The van der Waals surface area contributed by atoms with Gasteiger partial charge in [0.2, 0.25) is 11.8 Å². The molecule has 1 aromatic heterocycles. The Balaban J connectivity index is 1.30. The van der Waals surface area contributed by atoms with Crippen LogP contribution in [0.15, 0.2) is 71.0 Å². The summed E-state index contributed by atoms with van der Waals surface area (Å²) in [4.78, 5) is 40.4. The molecule has 3 aromatic rings. The second-order valence-corrected chi connectivity index (χ2v) is 9.16. The highest BCUT2D eigenvalue weighted by atomic mass is 16.6. The summed E-state index contributed by atoms with van der Waals surface area (Å²) in [6.45, 7) is 4.94. The number of benzene rings is 2. The Morgan fingerprint density at radius 2 is 1.73 bits per heavy atom. The van der Waals surface area contributed by atoms with Gasteiger partial charge < -0.3 is 14.3 Å². The number of hydrogen-bond donors (Lipinski definition) is 1. The van der Waals surface area contributed by atoms with Crippen molar-refractivity contribution in [2.24, 2.45) is 0 Å². The van der Waals surface area contributed by atoms with E-state index in [1.807, 2.05) is 59.5 Å². The van der Waals surface area contributed by atoms with E-state index in [1.165, 1.54) is 7.11 Å². The van der Waals surface area contributed by atoms with Crippen LogP contribution in [0.3, 0.4) is 0 Å². The van der Waals surface area contributed by atoms with Gasteiger partial charge in [0.05, 0.1) is 19.4 Å². The normalized spacial score (nSPS) is 18.1. The Bertz CT molecular complexity index is 1270. The summed E-state index contributed by atoms with van der Waals surface area (Å²) < 4.78 is 5.55. The molecular weight excluding hydrogens is 472 g/mol. The zero-order valence-corrected chi connectivity index (χ0v) is 21.0. The standard InChI is InChI=1S/C27H30N6O4/c1-19(34)32-14-12-31(13-15-32)18-25-28-26(30-37-25)24-16-23(29-36-2)17-33(24)27(35)22-10-8-21(9-11-22)20-6-4-3-5-7-20/h3-11,17,24,29H,12-16,18H2,1-2H3/t24-/m0/s1. The van der Waals surface area contributed by atoms with Crippen molar-refractivity contribution in [3.05, 3.63) is 83.8 Å². The lowest BCUT2D eigenvalue weighted by molar-refractivity contribution is -0.130. The first-order valence-electron chi connectivity index (χ1n) is 12.3. The first-order valence-corrected chi connectivity index (χ1v) is 12.3. The molecule has 1 fully saturated rings. The number of nitrogens with one attached hydrogen (secondary N) is 1. The molecule has 0 bridgehead atoms. The molecule has 192 valence electrons. The molecule has 5 rings (SSSR count). The number of carbonyl (C=O) groups is 2. The smallest absolute Gasteiger partial charge is 0.258 e. The molecule has 37 heavy (non-hydrogen) atoms. The Morgan fingerprint density at radius 1 is 1.03 bits per heavy atom. The minimum atomic E-state index is -0.425. The van der Waals surface area contributed by atoms with E-state index in [0.29, 0.717) is 43.3 Å². The van der Waals surface area contributed by atoms with Crippen LogP contribution in [0.25, 0.3) is 11.1 Å². The third-order valence-electron chi connectivity index (χ3n) is 6.71. The van der Waals surface area contributed by atoms with Crippen LogP contribution in [-0.4, -0.2) is 69.9 Å². The lowest BCUT2D eigenvalue weighted by Gasteiger charge is -2.33. The number of carbonyl (C=O) groups excluding carboxylic acids is 2. The summed E-state index contributed by atoms with van der Waals surface area (Å²) in [6, 6.07) is 17.2. The highest BCUT2D eigenvalue weighted by molar-refractivity contribution is 5.96. The van der Waals surface area contributed by atoms with E-state index in [-0.39, 0.29) is 11.8 Å².